The maximum Gasteiger partial charge on any atom is 0.280 e. The third kappa shape index (κ3) is 0.786. The molecule has 2 heterocycles. The van der Waals surface area contributed by atoms with Crippen LogP contribution in [0.1, 0.15) is 5.56 Å². The Hall–Kier alpha value is -1.64. The molecular formula is C10H8N2O. The van der Waals surface area contributed by atoms with Gasteiger partial charge in [-0.1, -0.05) is 12.1 Å². The lowest BCUT2D eigenvalue weighted by Crippen LogP contribution is -2.09. The molecule has 3 nitrogen and oxygen atoms in total. The molecule has 0 amide bonds. The highest BCUT2D eigenvalue weighted by molar-refractivity contribution is 5.82. The van der Waals surface area contributed by atoms with Crippen molar-refractivity contribution in [2.24, 2.45) is 0 Å². The van der Waals surface area contributed by atoms with Gasteiger partial charge in [-0.15, -0.1) is 0 Å². The maximum atomic E-state index is 11.4. The summed E-state index contributed by atoms with van der Waals surface area (Å²) in [6.07, 6.45) is 2.66. The van der Waals surface area contributed by atoms with Crippen LogP contribution in [-0.4, -0.2) is 9.55 Å². The van der Waals surface area contributed by atoms with Crippen LogP contribution in [0.4, 0.5) is 0 Å². The number of rotatable bonds is 0. The summed E-state index contributed by atoms with van der Waals surface area (Å²) in [6.45, 7) is 0.948. The SMILES string of the molecule is O=c1ncn2c3c(cccc13)CC2. The third-order valence-corrected chi connectivity index (χ3v) is 2.57. The number of aryl methyl sites for hydroxylation is 2. The summed E-state index contributed by atoms with van der Waals surface area (Å²) >= 11 is 0. The minimum atomic E-state index is -0.116. The first kappa shape index (κ1) is 6.83. The van der Waals surface area contributed by atoms with E-state index >= 15 is 0 Å². The maximum absolute atomic E-state index is 11.4. The lowest BCUT2D eigenvalue weighted by atomic mass is 10.1. The van der Waals surface area contributed by atoms with E-state index in [9.17, 15) is 4.79 Å². The molecule has 13 heavy (non-hydrogen) atoms. The van der Waals surface area contributed by atoms with Crippen molar-refractivity contribution in [3.05, 3.63) is 40.4 Å². The molecule has 0 fully saturated rings. The quantitative estimate of drug-likeness (QED) is 0.593. The predicted octanol–water partition coefficient (Wildman–Crippen LogP) is 0.953. The van der Waals surface area contributed by atoms with Crippen LogP contribution < -0.4 is 5.56 Å². The summed E-state index contributed by atoms with van der Waals surface area (Å²) in [6, 6.07) is 5.84. The number of aromatic nitrogens is 2. The van der Waals surface area contributed by atoms with Crippen LogP contribution in [0, 0.1) is 0 Å². The molecule has 64 valence electrons. The van der Waals surface area contributed by atoms with Gasteiger partial charge in [-0.2, -0.15) is 4.98 Å². The van der Waals surface area contributed by atoms with E-state index in [4.69, 9.17) is 0 Å². The molecule has 3 heteroatoms. The van der Waals surface area contributed by atoms with Gasteiger partial charge >= 0.3 is 0 Å². The predicted molar refractivity (Wildman–Crippen MR) is 49.7 cm³/mol. The first-order chi connectivity index (χ1) is 6.36. The van der Waals surface area contributed by atoms with E-state index < -0.39 is 0 Å². The van der Waals surface area contributed by atoms with Crippen LogP contribution in [0.2, 0.25) is 0 Å². The lowest BCUT2D eigenvalue weighted by molar-refractivity contribution is 0.747. The number of hydrogen-bond donors (Lipinski definition) is 0. The molecule has 0 N–H and O–H groups in total. The second kappa shape index (κ2) is 2.19. The number of para-hydroxylation sites is 1. The van der Waals surface area contributed by atoms with E-state index in [1.165, 1.54) is 5.56 Å². The summed E-state index contributed by atoms with van der Waals surface area (Å²) < 4.78 is 2.05. The van der Waals surface area contributed by atoms with Gasteiger partial charge in [0.15, 0.2) is 0 Å². The van der Waals surface area contributed by atoms with Crippen LogP contribution in [-0.2, 0) is 13.0 Å². The van der Waals surface area contributed by atoms with Gasteiger partial charge in [0.2, 0.25) is 0 Å². The highest BCUT2D eigenvalue weighted by Gasteiger charge is 2.13. The fraction of sp³-hybridized carbons (Fsp3) is 0.200. The van der Waals surface area contributed by atoms with Gasteiger partial charge in [0.05, 0.1) is 17.2 Å². The van der Waals surface area contributed by atoms with E-state index in [1.54, 1.807) is 6.33 Å². The van der Waals surface area contributed by atoms with Crippen LogP contribution in [0.15, 0.2) is 29.3 Å². The van der Waals surface area contributed by atoms with Crippen LogP contribution in [0.25, 0.3) is 10.9 Å². The monoisotopic (exact) mass is 172 g/mol. The van der Waals surface area contributed by atoms with Gasteiger partial charge in [0, 0.05) is 6.54 Å². The van der Waals surface area contributed by atoms with E-state index in [2.05, 4.69) is 11.1 Å². The van der Waals surface area contributed by atoms with Crippen LogP contribution in [0.3, 0.4) is 0 Å². The fourth-order valence-electron chi connectivity index (χ4n) is 1.96. The molecule has 0 saturated carbocycles. The largest absolute Gasteiger partial charge is 0.331 e. The van der Waals surface area contributed by atoms with Gasteiger partial charge in [0.25, 0.3) is 5.56 Å². The molecule has 0 atom stereocenters. The van der Waals surface area contributed by atoms with Crippen molar-refractivity contribution in [3.8, 4) is 0 Å². The van der Waals surface area contributed by atoms with Crippen molar-refractivity contribution in [1.29, 1.82) is 0 Å². The standard InChI is InChI=1S/C10H8N2O/c13-10-8-3-1-2-7-4-5-12(6-11-10)9(7)8/h1-3,6H,4-5H2. The number of benzene rings is 1. The topological polar surface area (TPSA) is 34.9 Å². The lowest BCUT2D eigenvalue weighted by Gasteiger charge is -2.00. The molecule has 3 rings (SSSR count). The fourth-order valence-corrected chi connectivity index (χ4v) is 1.96. The molecule has 0 bridgehead atoms. The zero-order valence-electron chi connectivity index (χ0n) is 7.03. The minimum absolute atomic E-state index is 0.116. The third-order valence-electron chi connectivity index (χ3n) is 2.57. The average Bonchev–Trinajstić information content (AvgIpc) is 2.57. The Morgan fingerprint density at radius 1 is 1.38 bits per heavy atom. The Labute approximate surface area is 74.6 Å². The van der Waals surface area contributed by atoms with Crippen LogP contribution in [0.5, 0.6) is 0 Å². The second-order valence-corrected chi connectivity index (χ2v) is 3.31. The zero-order valence-corrected chi connectivity index (χ0v) is 7.03. The van der Waals surface area contributed by atoms with E-state index in [0.29, 0.717) is 0 Å². The van der Waals surface area contributed by atoms with Gasteiger partial charge < -0.3 is 4.57 Å². The normalized spacial score (nSPS) is 13.8. The van der Waals surface area contributed by atoms with Crippen molar-refractivity contribution < 1.29 is 0 Å². The Morgan fingerprint density at radius 3 is 3.23 bits per heavy atom. The molecule has 0 unspecified atom stereocenters. The smallest absolute Gasteiger partial charge is 0.280 e. The van der Waals surface area contributed by atoms with Crippen molar-refractivity contribution in [1.82, 2.24) is 9.55 Å². The molecule has 1 aromatic heterocycles. The molecule has 2 aromatic rings. The molecular weight excluding hydrogens is 164 g/mol. The van der Waals surface area contributed by atoms with Gasteiger partial charge in [0.1, 0.15) is 0 Å². The minimum Gasteiger partial charge on any atom is -0.331 e. The number of nitrogens with zero attached hydrogens (tertiary/aromatic N) is 2. The Kier molecular flexibility index (Phi) is 1.15. The van der Waals surface area contributed by atoms with Crippen molar-refractivity contribution >= 4 is 10.9 Å². The summed E-state index contributed by atoms with van der Waals surface area (Å²) in [5, 5.41) is 0.748. The second-order valence-electron chi connectivity index (χ2n) is 3.31. The molecule has 1 aliphatic rings. The molecule has 0 spiro atoms. The van der Waals surface area contributed by atoms with Gasteiger partial charge in [-0.05, 0) is 18.1 Å². The van der Waals surface area contributed by atoms with E-state index in [-0.39, 0.29) is 5.56 Å². The number of hydrogen-bond acceptors (Lipinski definition) is 2. The molecule has 1 aliphatic heterocycles. The zero-order chi connectivity index (χ0) is 8.84. The Balaban J connectivity index is 2.65. The highest BCUT2D eigenvalue weighted by Crippen LogP contribution is 2.21. The molecule has 0 radical (unpaired) electrons. The summed E-state index contributed by atoms with van der Waals surface area (Å²) in [7, 11) is 0. The molecule has 0 aliphatic carbocycles. The Bertz CT molecular complexity index is 532. The van der Waals surface area contributed by atoms with Crippen molar-refractivity contribution in [2.75, 3.05) is 0 Å². The van der Waals surface area contributed by atoms with Gasteiger partial charge in [-0.3, -0.25) is 4.79 Å². The van der Waals surface area contributed by atoms with E-state index in [1.807, 2.05) is 16.7 Å². The van der Waals surface area contributed by atoms with Crippen molar-refractivity contribution in [3.63, 3.8) is 0 Å². The summed E-state index contributed by atoms with van der Waals surface area (Å²) in [5.41, 5.74) is 2.22. The summed E-state index contributed by atoms with van der Waals surface area (Å²) in [5.74, 6) is 0. The highest BCUT2D eigenvalue weighted by atomic mass is 16.1. The van der Waals surface area contributed by atoms with Crippen LogP contribution >= 0.6 is 0 Å². The first-order valence-electron chi connectivity index (χ1n) is 4.33. The average molecular weight is 172 g/mol. The molecule has 1 aromatic carbocycles. The molecule has 0 saturated heterocycles. The first-order valence-corrected chi connectivity index (χ1v) is 4.33. The van der Waals surface area contributed by atoms with Crippen molar-refractivity contribution in [2.45, 2.75) is 13.0 Å². The van der Waals surface area contributed by atoms with Gasteiger partial charge in [-0.25, -0.2) is 0 Å². The van der Waals surface area contributed by atoms with E-state index in [0.717, 1.165) is 23.9 Å². The summed E-state index contributed by atoms with van der Waals surface area (Å²) in [4.78, 5) is 15.2. The Morgan fingerprint density at radius 2 is 2.31 bits per heavy atom.